The first-order chi connectivity index (χ1) is 9.60. The topological polar surface area (TPSA) is 39.8 Å². The Hall–Kier alpha value is -1.20. The molecule has 0 amide bonds. The maximum atomic E-state index is 11.8. The zero-order valence-electron chi connectivity index (χ0n) is 11.1. The monoisotopic (exact) mass is 397 g/mol. The number of aryl methyl sites for hydroxylation is 2. The molecular weight excluding hydrogens is 384 g/mol. The van der Waals surface area contributed by atoms with Gasteiger partial charge in [0.1, 0.15) is 0 Å². The highest BCUT2D eigenvalue weighted by Gasteiger charge is 2.09. The van der Waals surface area contributed by atoms with Gasteiger partial charge in [-0.2, -0.15) is 5.10 Å². The van der Waals surface area contributed by atoms with E-state index in [-0.39, 0.29) is 5.56 Å². The fraction of sp³-hybridized carbons (Fsp3) is 0.143. The number of rotatable bonds is 2. The number of hydrogen-bond acceptors (Lipinski definition) is 2. The number of pyridine rings is 1. The van der Waals surface area contributed by atoms with E-state index in [4.69, 9.17) is 0 Å². The Balaban J connectivity index is 2.26. The van der Waals surface area contributed by atoms with Crippen molar-refractivity contribution in [3.63, 3.8) is 0 Å². The summed E-state index contributed by atoms with van der Waals surface area (Å²) in [6, 6.07) is 7.91. The molecule has 0 radical (unpaired) electrons. The first-order valence-electron chi connectivity index (χ1n) is 6.12. The molecule has 0 saturated heterocycles. The van der Waals surface area contributed by atoms with Crippen LogP contribution in [0.25, 0.3) is 22.0 Å². The molecule has 1 atom stereocenters. The highest BCUT2D eigenvalue weighted by Crippen LogP contribution is 2.32. The van der Waals surface area contributed by atoms with Crippen LogP contribution >= 0.6 is 28.4 Å². The van der Waals surface area contributed by atoms with Crippen LogP contribution in [0.5, 0.6) is 0 Å². The lowest BCUT2D eigenvalue weighted by molar-refractivity contribution is 0.861. The molecule has 1 unspecified atom stereocenters. The van der Waals surface area contributed by atoms with Gasteiger partial charge < -0.3 is 4.57 Å². The maximum Gasteiger partial charge on any atom is 0.250 e. The Morgan fingerprint density at radius 2 is 2.10 bits per heavy atom. The van der Waals surface area contributed by atoms with Crippen LogP contribution in [-0.2, 0) is 7.05 Å². The van der Waals surface area contributed by atoms with Gasteiger partial charge in [0.2, 0.25) is 0 Å². The second kappa shape index (κ2) is 5.30. The van der Waals surface area contributed by atoms with Gasteiger partial charge in [-0.25, -0.2) is 4.45 Å². The highest BCUT2D eigenvalue weighted by molar-refractivity contribution is 14.2. The van der Waals surface area contributed by atoms with E-state index in [1.54, 1.807) is 23.9 Å². The van der Waals surface area contributed by atoms with E-state index >= 15 is 0 Å². The van der Waals surface area contributed by atoms with Crippen LogP contribution in [0.3, 0.4) is 0 Å². The molecule has 0 aliphatic heterocycles. The molecule has 2 heterocycles. The van der Waals surface area contributed by atoms with Gasteiger partial charge in [-0.15, -0.1) is 0 Å². The lowest BCUT2D eigenvalue weighted by Crippen LogP contribution is -2.14. The van der Waals surface area contributed by atoms with Gasteiger partial charge in [0, 0.05) is 24.7 Å². The SMILES string of the molecule is Cc1cc2cnn(PI)c2cc1-c1ccn(C)c(=O)c1. The summed E-state index contributed by atoms with van der Waals surface area (Å²) in [6.07, 6.45) is 4.26. The smallest absolute Gasteiger partial charge is 0.250 e. The largest absolute Gasteiger partial charge is 0.319 e. The molecule has 0 fully saturated rings. The van der Waals surface area contributed by atoms with E-state index in [0.717, 1.165) is 27.6 Å². The van der Waals surface area contributed by atoms with Crippen LogP contribution in [0.15, 0.2) is 41.5 Å². The average molecular weight is 397 g/mol. The minimum absolute atomic E-state index is 0.00581. The van der Waals surface area contributed by atoms with Gasteiger partial charge in [-0.3, -0.25) is 4.79 Å². The summed E-state index contributed by atoms with van der Waals surface area (Å²) in [5.74, 6) is 0. The van der Waals surface area contributed by atoms with Crippen LogP contribution in [0.4, 0.5) is 0 Å². The molecule has 0 aliphatic rings. The molecule has 0 spiro atoms. The van der Waals surface area contributed by atoms with Gasteiger partial charge in [-0.05, 0) is 63.9 Å². The van der Waals surface area contributed by atoms with E-state index in [0.29, 0.717) is 6.37 Å². The lowest BCUT2D eigenvalue weighted by Gasteiger charge is -2.08. The number of fused-ring (bicyclic) bond motifs is 1. The molecule has 3 rings (SSSR count). The summed E-state index contributed by atoms with van der Waals surface area (Å²) in [6.45, 7) is 2.07. The second-order valence-electron chi connectivity index (χ2n) is 4.73. The summed E-state index contributed by atoms with van der Waals surface area (Å²) in [5, 5.41) is 5.52. The highest BCUT2D eigenvalue weighted by atomic mass is 127. The minimum atomic E-state index is 0.00581. The molecule has 0 N–H and O–H groups in total. The van der Waals surface area contributed by atoms with E-state index in [1.807, 2.05) is 16.7 Å². The van der Waals surface area contributed by atoms with Crippen LogP contribution < -0.4 is 5.56 Å². The molecule has 4 nitrogen and oxygen atoms in total. The molecule has 102 valence electrons. The first kappa shape index (κ1) is 13.8. The number of benzene rings is 1. The van der Waals surface area contributed by atoms with E-state index in [2.05, 4.69) is 46.2 Å². The van der Waals surface area contributed by atoms with Crippen molar-refractivity contribution < 1.29 is 0 Å². The third-order valence-corrected chi connectivity index (χ3v) is 5.30. The van der Waals surface area contributed by atoms with Crippen molar-refractivity contribution in [1.29, 1.82) is 0 Å². The third kappa shape index (κ3) is 2.29. The van der Waals surface area contributed by atoms with Crippen LogP contribution in [0.1, 0.15) is 5.56 Å². The van der Waals surface area contributed by atoms with E-state index in [9.17, 15) is 4.79 Å². The standard InChI is InChI=1S/C14H13IN3OP/c1-9-5-11-8-16-18(20-15)13(11)7-12(9)10-3-4-17(2)14(19)6-10/h3-8,20H,1-2H3. The molecule has 3 aromatic rings. The number of aromatic nitrogens is 3. The third-order valence-electron chi connectivity index (χ3n) is 3.41. The molecule has 2 aromatic heterocycles. The summed E-state index contributed by atoms with van der Waals surface area (Å²) < 4.78 is 3.56. The van der Waals surface area contributed by atoms with Crippen molar-refractivity contribution in [3.8, 4) is 11.1 Å². The number of halogens is 1. The van der Waals surface area contributed by atoms with Crippen molar-refractivity contribution in [2.75, 3.05) is 0 Å². The minimum Gasteiger partial charge on any atom is -0.319 e. The predicted octanol–water partition coefficient (Wildman–Crippen LogP) is 3.50. The second-order valence-corrected chi connectivity index (χ2v) is 6.77. The van der Waals surface area contributed by atoms with Gasteiger partial charge >= 0.3 is 0 Å². The summed E-state index contributed by atoms with van der Waals surface area (Å²) in [7, 11) is 1.76. The number of hydrogen-bond donors (Lipinski definition) is 0. The van der Waals surface area contributed by atoms with Gasteiger partial charge in [0.25, 0.3) is 5.56 Å². The molecule has 6 heteroatoms. The quantitative estimate of drug-likeness (QED) is 0.491. The summed E-state index contributed by atoms with van der Waals surface area (Å²) in [5.41, 5.74) is 4.32. The Morgan fingerprint density at radius 3 is 2.80 bits per heavy atom. The molecule has 0 saturated carbocycles. The molecule has 0 bridgehead atoms. The van der Waals surface area contributed by atoms with Crippen molar-refractivity contribution in [1.82, 2.24) is 14.1 Å². The molecule has 20 heavy (non-hydrogen) atoms. The first-order valence-corrected chi connectivity index (χ1v) is 10.2. The Bertz CT molecular complexity index is 853. The zero-order valence-corrected chi connectivity index (χ0v) is 14.2. The lowest BCUT2D eigenvalue weighted by atomic mass is 10.00. The fourth-order valence-electron chi connectivity index (χ4n) is 2.28. The molecular formula is C14H13IN3OP. The van der Waals surface area contributed by atoms with Crippen LogP contribution in [-0.4, -0.2) is 14.1 Å². The van der Waals surface area contributed by atoms with Crippen molar-refractivity contribution in [2.45, 2.75) is 6.92 Å². The maximum absolute atomic E-state index is 11.8. The predicted molar refractivity (Wildman–Crippen MR) is 92.9 cm³/mol. The summed E-state index contributed by atoms with van der Waals surface area (Å²) >= 11 is 2.32. The van der Waals surface area contributed by atoms with Gasteiger partial charge in [-0.1, -0.05) is 0 Å². The van der Waals surface area contributed by atoms with E-state index < -0.39 is 0 Å². The van der Waals surface area contributed by atoms with Gasteiger partial charge in [0.05, 0.1) is 18.1 Å². The van der Waals surface area contributed by atoms with Crippen molar-refractivity contribution in [2.24, 2.45) is 7.05 Å². The summed E-state index contributed by atoms with van der Waals surface area (Å²) in [4.78, 5) is 11.8. The fourth-order valence-corrected chi connectivity index (χ4v) is 3.82. The van der Waals surface area contributed by atoms with Gasteiger partial charge in [0.15, 0.2) is 0 Å². The van der Waals surface area contributed by atoms with Crippen molar-refractivity contribution >= 4 is 39.3 Å². The Morgan fingerprint density at radius 1 is 1.30 bits per heavy atom. The average Bonchev–Trinajstić information content (AvgIpc) is 2.83. The Kier molecular flexibility index (Phi) is 3.65. The Labute approximate surface area is 131 Å². The molecule has 1 aromatic carbocycles. The van der Waals surface area contributed by atoms with Crippen molar-refractivity contribution in [3.05, 3.63) is 52.6 Å². The molecule has 0 aliphatic carbocycles. The van der Waals surface area contributed by atoms with Crippen LogP contribution in [0, 0.1) is 6.92 Å². The van der Waals surface area contributed by atoms with Crippen LogP contribution in [0.2, 0.25) is 0 Å². The normalized spacial score (nSPS) is 11.8. The van der Waals surface area contributed by atoms with E-state index in [1.165, 1.54) is 0 Å². The number of nitrogens with zero attached hydrogens (tertiary/aromatic N) is 3. The zero-order chi connectivity index (χ0) is 14.3.